The van der Waals surface area contributed by atoms with Crippen molar-refractivity contribution in [2.45, 2.75) is 203 Å². The fraction of sp³-hybridized carbons (Fsp3) is 0.388. The van der Waals surface area contributed by atoms with Crippen molar-refractivity contribution in [2.75, 3.05) is 13.2 Å². The highest BCUT2D eigenvalue weighted by atomic mass is 16.5. The molecule has 9 rings (SSSR count). The van der Waals surface area contributed by atoms with Gasteiger partial charge >= 0.3 is 11.9 Å². The Morgan fingerprint density at radius 3 is 1.04 bits per heavy atom. The number of fused-ring (bicyclic) bond motifs is 4. The van der Waals surface area contributed by atoms with Gasteiger partial charge in [-0.2, -0.15) is 0 Å². The molecule has 7 aromatic rings. The van der Waals surface area contributed by atoms with Crippen molar-refractivity contribution in [3.63, 3.8) is 0 Å². The highest BCUT2D eigenvalue weighted by Crippen LogP contribution is 2.32. The van der Waals surface area contributed by atoms with Gasteiger partial charge in [-0.25, -0.2) is 9.59 Å². The van der Waals surface area contributed by atoms with Crippen LogP contribution in [0.25, 0.3) is 21.5 Å². The minimum Gasteiger partial charge on any atom is -0.462 e. The van der Waals surface area contributed by atoms with E-state index in [0.717, 1.165) is 57.8 Å². The molecule has 0 aromatic heterocycles. The number of unbranched alkanes of at least 4 members (excludes halogenated alkanes) is 5. The molecule has 0 saturated carbocycles. The topological polar surface area (TPSA) is 52.6 Å². The van der Waals surface area contributed by atoms with Crippen LogP contribution >= 0.6 is 0 Å². The first-order valence-electron chi connectivity index (χ1n) is 33.6. The Hall–Kier alpha value is -7.56. The number of rotatable bonds is 31. The number of hydrogen-bond acceptors (Lipinski definition) is 4. The first-order valence-corrected chi connectivity index (χ1v) is 33.6. The maximum atomic E-state index is 11.4. The molecule has 0 radical (unpaired) electrons. The fourth-order valence-electron chi connectivity index (χ4n) is 12.7. The third-order valence-electron chi connectivity index (χ3n) is 17.8. The average molecular weight is 1190 g/mol. The zero-order chi connectivity index (χ0) is 63.7. The quantitative estimate of drug-likeness (QED) is 0.0188. The first kappa shape index (κ1) is 68.9. The van der Waals surface area contributed by atoms with Crippen LogP contribution in [0.3, 0.4) is 0 Å². The molecule has 0 bridgehead atoms. The Kier molecular flexibility index (Phi) is 27.6. The van der Waals surface area contributed by atoms with Crippen molar-refractivity contribution in [1.82, 2.24) is 0 Å². The Morgan fingerprint density at radius 1 is 0.382 bits per heavy atom. The molecule has 2 aliphatic carbocycles. The lowest BCUT2D eigenvalue weighted by molar-refractivity contribution is -0.139. The summed E-state index contributed by atoms with van der Waals surface area (Å²) in [7, 11) is 0. The van der Waals surface area contributed by atoms with E-state index in [-0.39, 0.29) is 11.9 Å². The van der Waals surface area contributed by atoms with E-state index in [1.807, 2.05) is 24.3 Å². The second kappa shape index (κ2) is 35.6. The van der Waals surface area contributed by atoms with Crippen molar-refractivity contribution in [3.05, 3.63) is 271 Å². The number of esters is 2. The average Bonchev–Trinajstić information content (AvgIpc) is 3.71. The Balaban J connectivity index is 0.000000193. The summed E-state index contributed by atoms with van der Waals surface area (Å²) in [6, 6.07) is 38.0. The number of carbonyl (C=O) groups is 2. The largest absolute Gasteiger partial charge is 0.462 e. The maximum Gasteiger partial charge on any atom is 0.333 e. The molecule has 0 atom stereocenters. The standard InChI is InChI=1S/C35H38.C28H36.C22H30O4/c1-24-18-32(8-4-3-6-26-10-12-28-14-16-30(28)22-26)34-20-25(2)19-33(35(34)21-24)9-5-7-27-11-13-29-15-17-31(29)23-27;1-5-7-9-11-13-15-17-25-19-23(3)22-28-26(20-24(4)21-27(25)28)18-16-14-12-10-8-6-2;1-15(2)21(23)25-11-7-9-19-13-18(6)20(14-17(19)5)10-8-12-26-22(24)16(3)4/h10-13,18-23H,3-9,14-17H2,1-2H3;5-10,19-22H,1-2,11-18H2,3-4H3;13-14H,1,3,7-12H2,2,4-6H3/b;9-7+,10-8+;. The van der Waals surface area contributed by atoms with E-state index in [4.69, 9.17) is 9.47 Å². The van der Waals surface area contributed by atoms with Crippen LogP contribution in [0.4, 0.5) is 0 Å². The lowest BCUT2D eigenvalue weighted by Gasteiger charge is -2.19. The minimum atomic E-state index is -0.333. The van der Waals surface area contributed by atoms with Gasteiger partial charge in [0.05, 0.1) is 13.2 Å². The summed E-state index contributed by atoms with van der Waals surface area (Å²) in [6.45, 7) is 31.9. The van der Waals surface area contributed by atoms with Crippen LogP contribution in [0.2, 0.25) is 0 Å². The number of hydrogen-bond donors (Lipinski definition) is 0. The van der Waals surface area contributed by atoms with E-state index in [2.05, 4.69) is 177 Å². The lowest BCUT2D eigenvalue weighted by atomic mass is 9.86. The van der Waals surface area contributed by atoms with Crippen molar-refractivity contribution in [3.8, 4) is 0 Å². The molecule has 4 nitrogen and oxygen atoms in total. The maximum absolute atomic E-state index is 11.4. The predicted molar refractivity (Wildman–Crippen MR) is 381 cm³/mol. The highest BCUT2D eigenvalue weighted by Gasteiger charge is 2.16. The van der Waals surface area contributed by atoms with E-state index >= 15 is 0 Å². The molecule has 89 heavy (non-hydrogen) atoms. The fourth-order valence-corrected chi connectivity index (χ4v) is 12.7. The van der Waals surface area contributed by atoms with Gasteiger partial charge < -0.3 is 9.47 Å². The molecule has 2 aliphatic rings. The number of benzene rings is 7. The zero-order valence-electron chi connectivity index (χ0n) is 55.8. The van der Waals surface area contributed by atoms with Crippen molar-refractivity contribution >= 4 is 33.5 Å². The van der Waals surface area contributed by atoms with Crippen LogP contribution in [0.1, 0.15) is 185 Å². The number of aryl methyl sites for hydroxylation is 18. The van der Waals surface area contributed by atoms with Crippen LogP contribution in [0.15, 0.2) is 171 Å². The van der Waals surface area contributed by atoms with Gasteiger partial charge in [0.1, 0.15) is 0 Å². The summed E-state index contributed by atoms with van der Waals surface area (Å²) < 4.78 is 10.3. The van der Waals surface area contributed by atoms with Crippen molar-refractivity contribution < 1.29 is 19.1 Å². The summed E-state index contributed by atoms with van der Waals surface area (Å²) in [5, 5.41) is 5.92. The van der Waals surface area contributed by atoms with Gasteiger partial charge in [0, 0.05) is 11.1 Å². The summed E-state index contributed by atoms with van der Waals surface area (Å²) in [4.78, 5) is 22.7. The number of carbonyl (C=O) groups excluding carboxylic acids is 2. The van der Waals surface area contributed by atoms with Crippen molar-refractivity contribution in [1.29, 1.82) is 0 Å². The number of ether oxygens (including phenoxy) is 2. The zero-order valence-corrected chi connectivity index (χ0v) is 55.8. The molecule has 0 unspecified atom stereocenters. The predicted octanol–water partition coefficient (Wildman–Crippen LogP) is 21.2. The van der Waals surface area contributed by atoms with Gasteiger partial charge in [0.2, 0.25) is 0 Å². The van der Waals surface area contributed by atoms with Crippen LogP contribution in [-0.2, 0) is 96.1 Å². The molecular weight excluding hydrogens is 1080 g/mol. The monoisotopic (exact) mass is 1190 g/mol. The molecule has 0 fully saturated rings. The van der Waals surface area contributed by atoms with E-state index in [9.17, 15) is 9.59 Å². The third kappa shape index (κ3) is 21.6. The van der Waals surface area contributed by atoms with Gasteiger partial charge in [0.15, 0.2) is 0 Å². The molecule has 0 heterocycles. The molecule has 0 spiro atoms. The molecule has 0 saturated heterocycles. The first-order chi connectivity index (χ1) is 43.0. The van der Waals surface area contributed by atoms with E-state index in [1.165, 1.54) is 184 Å². The number of allylic oxidation sites excluding steroid dienone is 6. The van der Waals surface area contributed by atoms with Gasteiger partial charge in [-0.3, -0.25) is 0 Å². The molecular formula is C85H104O4. The highest BCUT2D eigenvalue weighted by molar-refractivity contribution is 5.91. The van der Waals surface area contributed by atoms with Crippen LogP contribution in [0, 0.1) is 41.5 Å². The molecule has 0 aliphatic heterocycles. The molecule has 0 N–H and O–H groups in total. The summed E-state index contributed by atoms with van der Waals surface area (Å²) in [5.74, 6) is -0.666. The SMILES string of the molecule is C=C(C)C(=O)OCCCc1cc(C)c(CCCOC(=O)C(=C)C)cc1C.C=C/C=C/CCCCc1cc(C)cc2c(CCCC/C=C/C=C)cc(C)cc12.Cc1cc(CCCc2ccc3c(c2)CC3)c2cc(C)cc(CCCCc3ccc4c(c3)CC4)c2c1. The smallest absolute Gasteiger partial charge is 0.333 e. The second-order valence-corrected chi connectivity index (χ2v) is 25.7. The van der Waals surface area contributed by atoms with Crippen LogP contribution in [-0.4, -0.2) is 25.2 Å². The summed E-state index contributed by atoms with van der Waals surface area (Å²) >= 11 is 0. The Morgan fingerprint density at radius 2 is 0.708 bits per heavy atom. The van der Waals surface area contributed by atoms with E-state index in [1.54, 1.807) is 41.7 Å². The second-order valence-electron chi connectivity index (χ2n) is 25.7. The van der Waals surface area contributed by atoms with E-state index < -0.39 is 0 Å². The normalized spacial score (nSPS) is 12.1. The van der Waals surface area contributed by atoms with Gasteiger partial charge in [-0.05, 0) is 303 Å². The molecule has 4 heteroatoms. The Bertz CT molecular complexity index is 3520. The van der Waals surface area contributed by atoms with Gasteiger partial charge in [-0.1, -0.05) is 182 Å². The van der Waals surface area contributed by atoms with Gasteiger partial charge in [0.25, 0.3) is 0 Å². The third-order valence-corrected chi connectivity index (χ3v) is 17.8. The van der Waals surface area contributed by atoms with Gasteiger partial charge in [-0.15, -0.1) is 0 Å². The summed E-state index contributed by atoms with van der Waals surface area (Å²) in [6.07, 6.45) is 38.7. The van der Waals surface area contributed by atoms with Crippen molar-refractivity contribution in [2.24, 2.45) is 0 Å². The molecule has 468 valence electrons. The van der Waals surface area contributed by atoms with Crippen LogP contribution in [0.5, 0.6) is 0 Å². The lowest BCUT2D eigenvalue weighted by Crippen LogP contribution is -2.08. The molecule has 7 aromatic carbocycles. The van der Waals surface area contributed by atoms with E-state index in [0.29, 0.717) is 24.4 Å². The van der Waals surface area contributed by atoms with Crippen LogP contribution < -0.4 is 0 Å². The minimum absolute atomic E-state index is 0.333. The molecule has 0 amide bonds. The summed E-state index contributed by atoms with van der Waals surface area (Å²) in [5.41, 5.74) is 26.9. The Labute approximate surface area is 537 Å².